The molecule has 0 heterocycles. The van der Waals surface area contributed by atoms with Crippen molar-refractivity contribution in [2.75, 3.05) is 13.7 Å². The molecule has 0 aliphatic carbocycles. The van der Waals surface area contributed by atoms with Gasteiger partial charge in [0.15, 0.2) is 0 Å². The predicted molar refractivity (Wildman–Crippen MR) is 71.8 cm³/mol. The highest BCUT2D eigenvalue weighted by molar-refractivity contribution is 5.91. The van der Waals surface area contributed by atoms with Crippen LogP contribution in [0.15, 0.2) is 30.3 Å². The Morgan fingerprint density at radius 1 is 1.35 bits per heavy atom. The van der Waals surface area contributed by atoms with E-state index in [1.54, 1.807) is 0 Å². The van der Waals surface area contributed by atoms with E-state index < -0.39 is 10.9 Å². The zero-order valence-corrected chi connectivity index (χ0v) is 10.9. The van der Waals surface area contributed by atoms with Crippen molar-refractivity contribution in [1.29, 1.82) is 0 Å². The third-order valence-corrected chi connectivity index (χ3v) is 2.39. The molecular weight excluding hydrogens is 264 g/mol. The zero-order valence-electron chi connectivity index (χ0n) is 10.9. The molecule has 0 saturated heterocycles. The average molecular weight is 278 g/mol. The maximum atomic E-state index is 11.4. The van der Waals surface area contributed by atoms with E-state index in [0.717, 1.165) is 0 Å². The van der Waals surface area contributed by atoms with Crippen LogP contribution in [0.3, 0.4) is 0 Å². The molecule has 7 heteroatoms. The van der Waals surface area contributed by atoms with Crippen LogP contribution in [0.2, 0.25) is 0 Å². The SMILES string of the molecule is COC(=O)CCNC(=O)/C=C/c1ccc([N+](=O)[O-])cc1. The van der Waals surface area contributed by atoms with Gasteiger partial charge in [-0.15, -0.1) is 0 Å². The summed E-state index contributed by atoms with van der Waals surface area (Å²) in [5.41, 5.74) is 0.656. The molecule has 0 bridgehead atoms. The van der Waals surface area contributed by atoms with Gasteiger partial charge in [0.2, 0.25) is 5.91 Å². The van der Waals surface area contributed by atoms with Crippen molar-refractivity contribution in [2.45, 2.75) is 6.42 Å². The molecule has 1 aromatic carbocycles. The first-order valence-electron chi connectivity index (χ1n) is 5.80. The van der Waals surface area contributed by atoms with E-state index in [1.165, 1.54) is 43.5 Å². The van der Waals surface area contributed by atoms with Crippen LogP contribution in [-0.2, 0) is 14.3 Å². The van der Waals surface area contributed by atoms with Gasteiger partial charge in [-0.25, -0.2) is 0 Å². The fourth-order valence-corrected chi connectivity index (χ4v) is 1.33. The lowest BCUT2D eigenvalue weighted by Gasteiger charge is -2.00. The van der Waals surface area contributed by atoms with Gasteiger partial charge in [0, 0.05) is 24.8 Å². The molecule has 0 unspecified atom stereocenters. The van der Waals surface area contributed by atoms with Crippen LogP contribution in [-0.4, -0.2) is 30.5 Å². The van der Waals surface area contributed by atoms with Gasteiger partial charge in [-0.3, -0.25) is 19.7 Å². The van der Waals surface area contributed by atoms with E-state index >= 15 is 0 Å². The van der Waals surface area contributed by atoms with E-state index in [4.69, 9.17) is 0 Å². The fourth-order valence-electron chi connectivity index (χ4n) is 1.33. The molecular formula is C13H14N2O5. The number of amides is 1. The molecule has 0 saturated carbocycles. The Hall–Kier alpha value is -2.70. The van der Waals surface area contributed by atoms with Crippen molar-refractivity contribution in [1.82, 2.24) is 5.32 Å². The van der Waals surface area contributed by atoms with Crippen LogP contribution in [0, 0.1) is 10.1 Å². The van der Waals surface area contributed by atoms with E-state index in [1.807, 2.05) is 0 Å². The monoisotopic (exact) mass is 278 g/mol. The van der Waals surface area contributed by atoms with Gasteiger partial charge in [-0.1, -0.05) is 0 Å². The molecule has 0 radical (unpaired) electrons. The Labute approximate surface area is 115 Å². The second-order valence-corrected chi connectivity index (χ2v) is 3.80. The summed E-state index contributed by atoms with van der Waals surface area (Å²) >= 11 is 0. The third-order valence-electron chi connectivity index (χ3n) is 2.39. The number of esters is 1. The first-order valence-corrected chi connectivity index (χ1v) is 5.80. The number of rotatable bonds is 6. The van der Waals surface area contributed by atoms with Gasteiger partial charge in [-0.2, -0.15) is 0 Å². The summed E-state index contributed by atoms with van der Waals surface area (Å²) in [6.45, 7) is 0.191. The summed E-state index contributed by atoms with van der Waals surface area (Å²) in [6.07, 6.45) is 2.92. The fraction of sp³-hybridized carbons (Fsp3) is 0.231. The number of carbonyl (C=O) groups is 2. The second-order valence-electron chi connectivity index (χ2n) is 3.80. The molecule has 20 heavy (non-hydrogen) atoms. The third kappa shape index (κ3) is 5.30. The molecule has 0 atom stereocenters. The van der Waals surface area contributed by atoms with Crippen molar-refractivity contribution < 1.29 is 19.2 Å². The van der Waals surface area contributed by atoms with Gasteiger partial charge < -0.3 is 10.1 Å². The summed E-state index contributed by atoms with van der Waals surface area (Å²) in [6, 6.07) is 5.79. The molecule has 1 amide bonds. The summed E-state index contributed by atoms with van der Waals surface area (Å²) in [5.74, 6) is -0.753. The second kappa shape index (κ2) is 7.67. The lowest BCUT2D eigenvalue weighted by atomic mass is 10.2. The standard InChI is InChI=1S/C13H14N2O5/c1-20-13(17)8-9-14-12(16)7-4-10-2-5-11(6-3-10)15(18)19/h2-7H,8-9H2,1H3,(H,14,16)/b7-4+. The number of nitro benzene ring substituents is 1. The quantitative estimate of drug-likeness (QED) is 0.366. The molecule has 1 aromatic rings. The molecule has 1 N–H and O–H groups in total. The Kier molecular flexibility index (Phi) is 5.89. The molecule has 0 aliphatic rings. The van der Waals surface area contributed by atoms with E-state index in [0.29, 0.717) is 5.56 Å². The summed E-state index contributed by atoms with van der Waals surface area (Å²) < 4.78 is 4.43. The normalized spacial score (nSPS) is 10.2. The summed E-state index contributed by atoms with van der Waals surface area (Å²) in [5, 5.41) is 13.0. The number of nitro groups is 1. The maximum absolute atomic E-state index is 11.4. The minimum atomic E-state index is -0.493. The topological polar surface area (TPSA) is 98.5 Å². The van der Waals surface area contributed by atoms with Crippen molar-refractivity contribution in [3.05, 3.63) is 46.0 Å². The van der Waals surface area contributed by atoms with Gasteiger partial charge in [0.1, 0.15) is 0 Å². The minimum absolute atomic E-state index is 0.00956. The number of nitrogens with zero attached hydrogens (tertiary/aromatic N) is 1. The number of non-ortho nitro benzene ring substituents is 1. The Morgan fingerprint density at radius 3 is 2.55 bits per heavy atom. The van der Waals surface area contributed by atoms with Crippen molar-refractivity contribution >= 4 is 23.6 Å². The predicted octanol–water partition coefficient (Wildman–Crippen LogP) is 1.29. The van der Waals surface area contributed by atoms with E-state index in [-0.39, 0.29) is 24.6 Å². The smallest absolute Gasteiger partial charge is 0.307 e. The Balaban J connectivity index is 2.44. The molecule has 0 aromatic heterocycles. The minimum Gasteiger partial charge on any atom is -0.469 e. The number of nitrogens with one attached hydrogen (secondary N) is 1. The Morgan fingerprint density at radius 2 is 2.00 bits per heavy atom. The molecule has 106 valence electrons. The van der Waals surface area contributed by atoms with Crippen LogP contribution >= 0.6 is 0 Å². The van der Waals surface area contributed by atoms with Crippen LogP contribution in [0.25, 0.3) is 6.08 Å². The van der Waals surface area contributed by atoms with Gasteiger partial charge in [0.05, 0.1) is 18.5 Å². The highest BCUT2D eigenvalue weighted by atomic mass is 16.6. The average Bonchev–Trinajstić information content (AvgIpc) is 2.45. The highest BCUT2D eigenvalue weighted by Crippen LogP contribution is 2.12. The van der Waals surface area contributed by atoms with Crippen LogP contribution in [0.1, 0.15) is 12.0 Å². The van der Waals surface area contributed by atoms with Crippen molar-refractivity contribution in [2.24, 2.45) is 0 Å². The van der Waals surface area contributed by atoms with Crippen molar-refractivity contribution in [3.63, 3.8) is 0 Å². The van der Waals surface area contributed by atoms with Gasteiger partial charge >= 0.3 is 5.97 Å². The summed E-state index contributed by atoms with van der Waals surface area (Å²) in [7, 11) is 1.28. The first kappa shape index (κ1) is 15.4. The number of methoxy groups -OCH3 is 1. The Bertz CT molecular complexity index is 522. The number of carbonyl (C=O) groups excluding carboxylic acids is 2. The number of ether oxygens (including phenoxy) is 1. The van der Waals surface area contributed by atoms with Crippen LogP contribution in [0.4, 0.5) is 5.69 Å². The van der Waals surface area contributed by atoms with E-state index in [9.17, 15) is 19.7 Å². The maximum Gasteiger partial charge on any atom is 0.307 e. The zero-order chi connectivity index (χ0) is 15.0. The molecule has 7 nitrogen and oxygen atoms in total. The lowest BCUT2D eigenvalue weighted by molar-refractivity contribution is -0.384. The highest BCUT2D eigenvalue weighted by Gasteiger charge is 2.03. The van der Waals surface area contributed by atoms with Crippen LogP contribution < -0.4 is 5.32 Å². The number of hydrogen-bond donors (Lipinski definition) is 1. The number of benzene rings is 1. The van der Waals surface area contributed by atoms with Crippen LogP contribution in [0.5, 0.6) is 0 Å². The number of hydrogen-bond acceptors (Lipinski definition) is 5. The molecule has 0 aliphatic heterocycles. The lowest BCUT2D eigenvalue weighted by Crippen LogP contribution is -2.24. The largest absolute Gasteiger partial charge is 0.469 e. The molecule has 1 rings (SSSR count). The van der Waals surface area contributed by atoms with Crippen molar-refractivity contribution in [3.8, 4) is 0 Å². The van der Waals surface area contributed by atoms with Gasteiger partial charge in [0.25, 0.3) is 5.69 Å². The van der Waals surface area contributed by atoms with E-state index in [2.05, 4.69) is 10.1 Å². The summed E-state index contributed by atoms with van der Waals surface area (Å²) in [4.78, 5) is 32.2. The molecule has 0 fully saturated rings. The van der Waals surface area contributed by atoms with Gasteiger partial charge in [-0.05, 0) is 23.8 Å². The molecule has 0 spiro atoms. The first-order chi connectivity index (χ1) is 9.52.